The Labute approximate surface area is 112 Å². The van der Waals surface area contributed by atoms with E-state index in [1.807, 2.05) is 18.9 Å². The van der Waals surface area contributed by atoms with Crippen LogP contribution in [-0.2, 0) is 11.2 Å². The van der Waals surface area contributed by atoms with E-state index in [1.54, 1.807) is 0 Å². The lowest BCUT2D eigenvalue weighted by molar-refractivity contribution is -0.131. The number of likely N-dealkylation sites (N-methyl/N-ethyl adjacent to an activating group) is 1. The molecule has 0 fully saturated rings. The minimum Gasteiger partial charge on any atom is -0.342 e. The van der Waals surface area contributed by atoms with Gasteiger partial charge in [0.1, 0.15) is 0 Å². The zero-order valence-electron chi connectivity index (χ0n) is 11.0. The highest BCUT2D eigenvalue weighted by Gasteiger charge is 2.19. The Kier molecular flexibility index (Phi) is 4.89. The Morgan fingerprint density at radius 3 is 2.47 bits per heavy atom. The molecule has 3 nitrogen and oxygen atoms in total. The number of aryl methyl sites for hydroxylation is 1. The Balaban J connectivity index is 2.73. The summed E-state index contributed by atoms with van der Waals surface area (Å²) in [7, 11) is 1.87. The molecule has 1 unspecified atom stereocenters. The second kappa shape index (κ2) is 5.78. The van der Waals surface area contributed by atoms with E-state index in [0.717, 1.165) is 14.5 Å². The monoisotopic (exact) mass is 272 g/mol. The maximum atomic E-state index is 12.1. The minimum atomic E-state index is 0.152. The van der Waals surface area contributed by atoms with Crippen molar-refractivity contribution in [3.63, 3.8) is 0 Å². The van der Waals surface area contributed by atoms with Gasteiger partial charge in [0.05, 0.1) is 6.42 Å². The maximum absolute atomic E-state index is 12.1. The highest BCUT2D eigenvalue weighted by atomic mass is 32.1. The van der Waals surface area contributed by atoms with Crippen LogP contribution in [0.5, 0.6) is 0 Å². The lowest BCUT2D eigenvalue weighted by Gasteiger charge is -2.28. The van der Waals surface area contributed by atoms with Gasteiger partial charge in [0.15, 0.2) is 3.95 Å². The predicted molar refractivity (Wildman–Crippen MR) is 75.0 cm³/mol. The van der Waals surface area contributed by atoms with Crippen LogP contribution in [0, 0.1) is 16.8 Å². The molecule has 1 rings (SSSR count). The van der Waals surface area contributed by atoms with Gasteiger partial charge in [-0.1, -0.05) is 13.8 Å². The first kappa shape index (κ1) is 14.4. The molecule has 1 N–H and O–H groups in total. The number of nitrogens with one attached hydrogen (secondary N) is 1. The van der Waals surface area contributed by atoms with E-state index in [2.05, 4.69) is 25.8 Å². The zero-order valence-corrected chi connectivity index (χ0v) is 12.7. The number of nitrogens with zero attached hydrogens (tertiary/aromatic N) is 1. The number of thiazole rings is 1. The molecular formula is C12H20N2OS2. The molecule has 0 spiro atoms. The third kappa shape index (κ3) is 3.64. The van der Waals surface area contributed by atoms with Crippen molar-refractivity contribution in [2.75, 3.05) is 7.05 Å². The summed E-state index contributed by atoms with van der Waals surface area (Å²) >= 11 is 6.56. The zero-order chi connectivity index (χ0) is 13.2. The van der Waals surface area contributed by atoms with Crippen LogP contribution in [-0.4, -0.2) is 28.9 Å². The van der Waals surface area contributed by atoms with Crippen molar-refractivity contribution in [1.29, 1.82) is 0 Å². The highest BCUT2D eigenvalue weighted by Crippen LogP contribution is 2.17. The van der Waals surface area contributed by atoms with Crippen molar-refractivity contribution < 1.29 is 4.79 Å². The molecule has 0 aliphatic rings. The van der Waals surface area contributed by atoms with Crippen LogP contribution in [0.25, 0.3) is 0 Å². The molecule has 1 aromatic rings. The summed E-state index contributed by atoms with van der Waals surface area (Å²) in [6.45, 7) is 8.29. The fourth-order valence-corrected chi connectivity index (χ4v) is 2.82. The molecule has 1 amide bonds. The Morgan fingerprint density at radius 2 is 2.06 bits per heavy atom. The van der Waals surface area contributed by atoms with Crippen molar-refractivity contribution in [2.45, 2.75) is 40.2 Å². The molecule has 0 aliphatic heterocycles. The van der Waals surface area contributed by atoms with E-state index in [9.17, 15) is 4.79 Å². The number of aromatic nitrogens is 1. The molecule has 0 radical (unpaired) electrons. The van der Waals surface area contributed by atoms with E-state index in [-0.39, 0.29) is 11.9 Å². The van der Waals surface area contributed by atoms with Gasteiger partial charge < -0.3 is 9.88 Å². The van der Waals surface area contributed by atoms with E-state index < -0.39 is 0 Å². The number of hydrogen-bond acceptors (Lipinski definition) is 3. The molecule has 0 saturated carbocycles. The lowest BCUT2D eigenvalue weighted by atomic mass is 10.0. The number of carbonyl (C=O) groups is 1. The topological polar surface area (TPSA) is 36.1 Å². The van der Waals surface area contributed by atoms with Gasteiger partial charge in [0, 0.05) is 23.7 Å². The molecule has 1 atom stereocenters. The van der Waals surface area contributed by atoms with Gasteiger partial charge in [-0.05, 0) is 32.0 Å². The summed E-state index contributed by atoms with van der Waals surface area (Å²) < 4.78 is 0.741. The molecule has 0 bridgehead atoms. The van der Waals surface area contributed by atoms with E-state index in [0.29, 0.717) is 12.3 Å². The second-order valence-corrected chi connectivity index (χ2v) is 6.50. The lowest BCUT2D eigenvalue weighted by Crippen LogP contribution is -2.39. The average molecular weight is 272 g/mol. The Bertz CT molecular complexity index is 448. The quantitative estimate of drug-likeness (QED) is 0.855. The summed E-state index contributed by atoms with van der Waals surface area (Å²) in [5.41, 5.74) is 1.01. The Morgan fingerprint density at radius 1 is 1.47 bits per heavy atom. The van der Waals surface area contributed by atoms with Gasteiger partial charge in [-0.3, -0.25) is 4.79 Å². The van der Waals surface area contributed by atoms with Gasteiger partial charge in [-0.15, -0.1) is 11.3 Å². The smallest absolute Gasteiger partial charge is 0.227 e. The van der Waals surface area contributed by atoms with Crippen LogP contribution in [0.4, 0.5) is 0 Å². The highest BCUT2D eigenvalue weighted by molar-refractivity contribution is 7.73. The standard InChI is InChI=1S/C12H20N2OS2/c1-7(2)9(4)14(5)11(15)6-10-8(3)13-12(16)17-10/h7,9H,6H2,1-5H3,(H,13,16). The number of aromatic amines is 1. The van der Waals surface area contributed by atoms with Crippen LogP contribution >= 0.6 is 23.6 Å². The molecule has 0 aliphatic carbocycles. The van der Waals surface area contributed by atoms with Crippen molar-refractivity contribution >= 4 is 29.5 Å². The number of rotatable bonds is 4. The first-order valence-corrected chi connectivity index (χ1v) is 6.99. The van der Waals surface area contributed by atoms with E-state index in [1.165, 1.54) is 11.3 Å². The summed E-state index contributed by atoms with van der Waals surface area (Å²) in [6.07, 6.45) is 0.442. The van der Waals surface area contributed by atoms with Gasteiger partial charge in [0.25, 0.3) is 0 Å². The largest absolute Gasteiger partial charge is 0.342 e. The number of amides is 1. The van der Waals surface area contributed by atoms with Crippen LogP contribution < -0.4 is 0 Å². The Hall–Kier alpha value is -0.680. The summed E-state index contributed by atoms with van der Waals surface area (Å²) in [6, 6.07) is 0.259. The van der Waals surface area contributed by atoms with E-state index >= 15 is 0 Å². The van der Waals surface area contributed by atoms with Gasteiger partial charge >= 0.3 is 0 Å². The molecule has 5 heteroatoms. The molecule has 96 valence electrons. The number of carbonyl (C=O) groups excluding carboxylic acids is 1. The van der Waals surface area contributed by atoms with Crippen LogP contribution in [0.15, 0.2) is 0 Å². The van der Waals surface area contributed by atoms with Crippen LogP contribution in [0.2, 0.25) is 0 Å². The number of H-pyrrole nitrogens is 1. The van der Waals surface area contributed by atoms with E-state index in [4.69, 9.17) is 12.2 Å². The third-order valence-electron chi connectivity index (χ3n) is 3.20. The average Bonchev–Trinajstić information content (AvgIpc) is 2.55. The molecule has 0 aromatic carbocycles. The van der Waals surface area contributed by atoms with Crippen molar-refractivity contribution in [3.05, 3.63) is 14.5 Å². The summed E-state index contributed by atoms with van der Waals surface area (Å²) in [5, 5.41) is 0. The first-order valence-electron chi connectivity index (χ1n) is 5.77. The fraction of sp³-hybridized carbons (Fsp3) is 0.667. The first-order chi connectivity index (χ1) is 7.82. The maximum Gasteiger partial charge on any atom is 0.227 e. The molecule has 1 heterocycles. The molecule has 0 saturated heterocycles. The van der Waals surface area contributed by atoms with Crippen LogP contribution in [0.1, 0.15) is 31.3 Å². The molecular weight excluding hydrogens is 252 g/mol. The normalized spacial score (nSPS) is 12.8. The molecule has 1 aromatic heterocycles. The van der Waals surface area contributed by atoms with Crippen LogP contribution in [0.3, 0.4) is 0 Å². The van der Waals surface area contributed by atoms with Gasteiger partial charge in [-0.25, -0.2) is 0 Å². The predicted octanol–water partition coefficient (Wildman–Crippen LogP) is 3.16. The SMILES string of the molecule is Cc1[nH]c(=S)sc1CC(=O)N(C)C(C)C(C)C. The van der Waals surface area contributed by atoms with Gasteiger partial charge in [-0.2, -0.15) is 0 Å². The van der Waals surface area contributed by atoms with Gasteiger partial charge in [0.2, 0.25) is 5.91 Å². The summed E-state index contributed by atoms with van der Waals surface area (Å²) in [5.74, 6) is 0.619. The number of hydrogen-bond donors (Lipinski definition) is 1. The van der Waals surface area contributed by atoms with Crippen molar-refractivity contribution in [3.8, 4) is 0 Å². The fourth-order valence-electron chi connectivity index (χ4n) is 1.54. The third-order valence-corrected chi connectivity index (χ3v) is 4.54. The summed E-state index contributed by atoms with van der Waals surface area (Å²) in [4.78, 5) is 18.0. The molecule has 17 heavy (non-hydrogen) atoms. The van der Waals surface area contributed by atoms with Crippen molar-refractivity contribution in [1.82, 2.24) is 9.88 Å². The minimum absolute atomic E-state index is 0.152. The van der Waals surface area contributed by atoms with Crippen molar-refractivity contribution in [2.24, 2.45) is 5.92 Å². The second-order valence-electron chi connectivity index (χ2n) is 4.73.